The van der Waals surface area contributed by atoms with E-state index in [0.717, 1.165) is 5.56 Å². The summed E-state index contributed by atoms with van der Waals surface area (Å²) in [5.41, 5.74) is 0.0122. The number of carbonyl (C=O) groups excluding carboxylic acids is 1. The molecule has 1 aliphatic carbocycles. The molecular weight excluding hydrogens is 410 g/mol. The van der Waals surface area contributed by atoms with Crippen LogP contribution in [0.3, 0.4) is 0 Å². The summed E-state index contributed by atoms with van der Waals surface area (Å²) in [6, 6.07) is 9.20. The molecule has 0 aromatic heterocycles. The van der Waals surface area contributed by atoms with Gasteiger partial charge in [0.2, 0.25) is 0 Å². The Hall–Kier alpha value is -2.38. The predicted molar refractivity (Wildman–Crippen MR) is 122 cm³/mol. The summed E-state index contributed by atoms with van der Waals surface area (Å²) in [5, 5.41) is 22.9. The third-order valence-corrected chi connectivity index (χ3v) is 6.37. The number of allylic oxidation sites excluding steroid dienone is 2. The molecule has 0 amide bonds. The number of unbranched alkanes of at least 4 members (excludes halogenated alkanes) is 1. The van der Waals surface area contributed by atoms with Crippen LogP contribution in [0, 0.1) is 16.7 Å². The highest BCUT2D eigenvalue weighted by Crippen LogP contribution is 2.38. The maximum absolute atomic E-state index is 12.5. The number of benzene rings is 1. The van der Waals surface area contributed by atoms with Crippen molar-refractivity contribution < 1.29 is 24.5 Å². The average Bonchev–Trinajstić information content (AvgIpc) is 3.09. The zero-order valence-electron chi connectivity index (χ0n) is 18.8. The monoisotopic (exact) mass is 445 g/mol. The number of hydrogen-bond donors (Lipinski definition) is 2. The number of rotatable bonds is 15. The van der Waals surface area contributed by atoms with E-state index in [2.05, 4.69) is 5.18 Å². The van der Waals surface area contributed by atoms with Gasteiger partial charge in [0.05, 0.1) is 18.8 Å². The standard InChI is InChI=1S/C25H35NO6/c1-2-25(30,18-32-17-19-10-6-5-7-11-19)15-14-20-21(23(27)16-22(20)26-31)12-8-3-4-9-13-24(28)29/h3,5-8,10-11,20-22,30H,2,4,9,12-18H2,1H3,(H,28,29)/t20-,21-,22?,25?/m1/s1. The number of Topliss-reactive ketones (excluding diaryl/α,β-unsaturated/α-hetero) is 1. The van der Waals surface area contributed by atoms with Crippen LogP contribution in [0.15, 0.2) is 47.7 Å². The molecule has 0 saturated heterocycles. The van der Waals surface area contributed by atoms with Gasteiger partial charge in [0.1, 0.15) is 11.8 Å². The summed E-state index contributed by atoms with van der Waals surface area (Å²) in [5.74, 6) is -1.27. The van der Waals surface area contributed by atoms with Gasteiger partial charge in [-0.3, -0.25) is 9.59 Å². The van der Waals surface area contributed by atoms with E-state index >= 15 is 0 Å². The molecule has 1 aromatic rings. The maximum atomic E-state index is 12.5. The molecule has 2 N–H and O–H groups in total. The van der Waals surface area contributed by atoms with Crippen LogP contribution in [0.25, 0.3) is 0 Å². The van der Waals surface area contributed by atoms with Crippen molar-refractivity contribution in [3.05, 3.63) is 53.0 Å². The summed E-state index contributed by atoms with van der Waals surface area (Å²) in [6.07, 6.45) is 7.25. The molecule has 4 atom stereocenters. The largest absolute Gasteiger partial charge is 0.481 e. The van der Waals surface area contributed by atoms with Crippen molar-refractivity contribution in [3.63, 3.8) is 0 Å². The minimum atomic E-state index is -1.02. The lowest BCUT2D eigenvalue weighted by Gasteiger charge is -2.29. The van der Waals surface area contributed by atoms with Crippen LogP contribution < -0.4 is 0 Å². The van der Waals surface area contributed by atoms with Crippen molar-refractivity contribution in [3.8, 4) is 0 Å². The second-order valence-corrected chi connectivity index (χ2v) is 8.70. The molecule has 0 aliphatic heterocycles. The van der Waals surface area contributed by atoms with Crippen LogP contribution in [0.4, 0.5) is 0 Å². The number of aliphatic hydroxyl groups is 1. The average molecular weight is 446 g/mol. The summed E-state index contributed by atoms with van der Waals surface area (Å²) >= 11 is 0. The first-order valence-corrected chi connectivity index (χ1v) is 11.4. The van der Waals surface area contributed by atoms with E-state index in [1.165, 1.54) is 0 Å². The Morgan fingerprint density at radius 1 is 1.28 bits per heavy atom. The van der Waals surface area contributed by atoms with E-state index in [1.54, 1.807) is 0 Å². The maximum Gasteiger partial charge on any atom is 0.303 e. The molecule has 0 radical (unpaired) electrons. The molecule has 1 saturated carbocycles. The molecule has 32 heavy (non-hydrogen) atoms. The minimum Gasteiger partial charge on any atom is -0.481 e. The third-order valence-electron chi connectivity index (χ3n) is 6.37. The number of aliphatic carboxylic acids is 1. The lowest BCUT2D eigenvalue weighted by atomic mass is 9.82. The molecule has 0 spiro atoms. The van der Waals surface area contributed by atoms with Gasteiger partial charge < -0.3 is 14.9 Å². The number of carboxylic acid groups (broad SMARTS) is 1. The Kier molecular flexibility index (Phi) is 10.7. The van der Waals surface area contributed by atoms with Gasteiger partial charge in [0, 0.05) is 18.8 Å². The van der Waals surface area contributed by atoms with Crippen LogP contribution in [-0.4, -0.2) is 40.2 Å². The van der Waals surface area contributed by atoms with E-state index in [9.17, 15) is 19.6 Å². The summed E-state index contributed by atoms with van der Waals surface area (Å²) in [4.78, 5) is 34.4. The van der Waals surface area contributed by atoms with Gasteiger partial charge in [-0.25, -0.2) is 0 Å². The molecule has 1 aliphatic rings. The molecule has 7 nitrogen and oxygen atoms in total. The van der Waals surface area contributed by atoms with Gasteiger partial charge in [-0.05, 0) is 50.0 Å². The number of ketones is 1. The Morgan fingerprint density at radius 3 is 2.69 bits per heavy atom. The fraction of sp³-hybridized carbons (Fsp3) is 0.600. The predicted octanol–water partition coefficient (Wildman–Crippen LogP) is 4.67. The molecular formula is C25H35NO6. The SMILES string of the molecule is CCC(O)(CC[C@H]1C(N=O)CC(=O)[C@@H]1CC=CCCCC(=O)O)COCc1ccccc1. The fourth-order valence-electron chi connectivity index (χ4n) is 4.28. The van der Waals surface area contributed by atoms with Crippen LogP contribution in [0.2, 0.25) is 0 Å². The lowest BCUT2D eigenvalue weighted by molar-refractivity contribution is -0.137. The van der Waals surface area contributed by atoms with Crippen molar-refractivity contribution in [2.75, 3.05) is 6.61 Å². The van der Waals surface area contributed by atoms with E-state index in [0.29, 0.717) is 45.1 Å². The molecule has 176 valence electrons. The summed E-state index contributed by atoms with van der Waals surface area (Å²) in [7, 11) is 0. The number of ether oxygens (including phenoxy) is 1. The summed E-state index contributed by atoms with van der Waals surface area (Å²) < 4.78 is 5.76. The summed E-state index contributed by atoms with van der Waals surface area (Å²) in [6.45, 7) is 2.50. The Bertz CT molecular complexity index is 765. The van der Waals surface area contributed by atoms with E-state index in [4.69, 9.17) is 9.84 Å². The van der Waals surface area contributed by atoms with E-state index < -0.39 is 17.6 Å². The fourth-order valence-corrected chi connectivity index (χ4v) is 4.28. The second-order valence-electron chi connectivity index (χ2n) is 8.70. The van der Waals surface area contributed by atoms with Gasteiger partial charge in [-0.1, -0.05) is 54.6 Å². The zero-order valence-corrected chi connectivity index (χ0v) is 18.8. The van der Waals surface area contributed by atoms with Crippen molar-refractivity contribution in [2.24, 2.45) is 17.0 Å². The lowest BCUT2D eigenvalue weighted by Crippen LogP contribution is -2.35. The van der Waals surface area contributed by atoms with Gasteiger partial charge in [-0.2, -0.15) is 4.91 Å². The molecule has 7 heteroatoms. The Morgan fingerprint density at radius 2 is 2.03 bits per heavy atom. The Balaban J connectivity index is 1.88. The highest BCUT2D eigenvalue weighted by atomic mass is 16.5. The number of carbonyl (C=O) groups is 2. The van der Waals surface area contributed by atoms with Crippen LogP contribution in [-0.2, 0) is 20.9 Å². The molecule has 1 fully saturated rings. The molecule has 0 bridgehead atoms. The van der Waals surface area contributed by atoms with Crippen LogP contribution >= 0.6 is 0 Å². The second kappa shape index (κ2) is 13.2. The van der Waals surface area contributed by atoms with E-state index in [1.807, 2.05) is 49.4 Å². The highest BCUT2D eigenvalue weighted by Gasteiger charge is 2.43. The van der Waals surface area contributed by atoms with Crippen molar-refractivity contribution in [1.82, 2.24) is 0 Å². The first-order chi connectivity index (χ1) is 15.4. The minimum absolute atomic E-state index is 0.0372. The third kappa shape index (κ3) is 8.28. The first kappa shape index (κ1) is 25.9. The Labute approximate surface area is 189 Å². The number of nitrogens with zero attached hydrogens (tertiary/aromatic N) is 1. The highest BCUT2D eigenvalue weighted by molar-refractivity contribution is 5.84. The van der Waals surface area contributed by atoms with Crippen LogP contribution in [0.1, 0.15) is 63.9 Å². The zero-order chi connectivity index (χ0) is 23.4. The topological polar surface area (TPSA) is 113 Å². The molecule has 2 rings (SSSR count). The van der Waals surface area contributed by atoms with Crippen molar-refractivity contribution >= 4 is 11.8 Å². The van der Waals surface area contributed by atoms with Gasteiger partial charge in [-0.15, -0.1) is 0 Å². The molecule has 0 heterocycles. The van der Waals surface area contributed by atoms with Crippen LogP contribution in [0.5, 0.6) is 0 Å². The quantitative estimate of drug-likeness (QED) is 0.230. The molecule has 2 unspecified atom stereocenters. The normalized spacial score (nSPS) is 22.8. The van der Waals surface area contributed by atoms with Gasteiger partial charge >= 0.3 is 5.97 Å². The number of hydrogen-bond acceptors (Lipinski definition) is 6. The number of carboxylic acids is 1. The van der Waals surface area contributed by atoms with Gasteiger partial charge in [0.25, 0.3) is 0 Å². The smallest absolute Gasteiger partial charge is 0.303 e. The molecule has 1 aromatic carbocycles. The van der Waals surface area contributed by atoms with E-state index in [-0.39, 0.29) is 37.1 Å². The van der Waals surface area contributed by atoms with Gasteiger partial charge in [0.15, 0.2) is 0 Å². The number of nitroso groups, excluding NO2 is 1. The van der Waals surface area contributed by atoms with Crippen molar-refractivity contribution in [1.29, 1.82) is 0 Å². The first-order valence-electron chi connectivity index (χ1n) is 11.4. The van der Waals surface area contributed by atoms with Crippen molar-refractivity contribution in [2.45, 2.75) is 76.5 Å².